The molecule has 1 N–H and O–H groups in total. The second-order valence-electron chi connectivity index (χ2n) is 6.01. The molecular formula is C15H20F3N3O2. The second kappa shape index (κ2) is 7.27. The Morgan fingerprint density at radius 2 is 2.17 bits per heavy atom. The topological polar surface area (TPSA) is 58.4 Å². The number of aryl methyl sites for hydroxylation is 1. The average Bonchev–Trinajstić information content (AvgIpc) is 2.85. The summed E-state index contributed by atoms with van der Waals surface area (Å²) in [5, 5.41) is 14.1. The Kier molecular flexibility index (Phi) is 5.59. The number of hydrogen-bond acceptors (Lipinski definition) is 4. The molecule has 1 saturated heterocycles. The van der Waals surface area contributed by atoms with Crippen LogP contribution in [0.5, 0.6) is 0 Å². The maximum atomic E-state index is 12.3. The monoisotopic (exact) mass is 331 g/mol. The van der Waals surface area contributed by atoms with Crippen molar-refractivity contribution in [2.24, 2.45) is 5.92 Å². The van der Waals surface area contributed by atoms with E-state index in [9.17, 15) is 23.3 Å². The highest BCUT2D eigenvalue weighted by molar-refractivity contribution is 5.42. The first kappa shape index (κ1) is 17.7. The highest BCUT2D eigenvalue weighted by Gasteiger charge is 2.34. The van der Waals surface area contributed by atoms with Crippen molar-refractivity contribution in [1.29, 1.82) is 0 Å². The van der Waals surface area contributed by atoms with Crippen molar-refractivity contribution in [3.8, 4) is 0 Å². The van der Waals surface area contributed by atoms with Crippen molar-refractivity contribution < 1.29 is 18.1 Å². The van der Waals surface area contributed by atoms with Gasteiger partial charge in [0, 0.05) is 24.7 Å². The lowest BCUT2D eigenvalue weighted by Gasteiger charge is -2.18. The van der Waals surface area contributed by atoms with Gasteiger partial charge in [0.2, 0.25) is 0 Å². The summed E-state index contributed by atoms with van der Waals surface area (Å²) in [5.74, 6) is 0.179. The van der Waals surface area contributed by atoms with Gasteiger partial charge in [-0.3, -0.25) is 15.0 Å². The van der Waals surface area contributed by atoms with Gasteiger partial charge in [-0.1, -0.05) is 12.1 Å². The molecule has 23 heavy (non-hydrogen) atoms. The zero-order valence-corrected chi connectivity index (χ0v) is 12.9. The molecule has 1 atom stereocenters. The molecule has 0 spiro atoms. The van der Waals surface area contributed by atoms with E-state index < -0.39 is 17.6 Å². The van der Waals surface area contributed by atoms with E-state index >= 15 is 0 Å². The summed E-state index contributed by atoms with van der Waals surface area (Å²) in [6.07, 6.45) is -3.42. The third kappa shape index (κ3) is 5.47. The van der Waals surface area contributed by atoms with Gasteiger partial charge in [-0.15, -0.1) is 0 Å². The lowest BCUT2D eigenvalue weighted by molar-refractivity contribution is -0.385. The van der Waals surface area contributed by atoms with Crippen molar-refractivity contribution in [1.82, 2.24) is 10.2 Å². The van der Waals surface area contributed by atoms with Gasteiger partial charge in [0.15, 0.2) is 0 Å². The van der Waals surface area contributed by atoms with E-state index in [1.165, 1.54) is 11.0 Å². The van der Waals surface area contributed by atoms with E-state index in [1.54, 1.807) is 13.0 Å². The number of nitro benzene ring substituents is 1. The third-order valence-electron chi connectivity index (χ3n) is 4.01. The van der Waals surface area contributed by atoms with Crippen LogP contribution in [-0.2, 0) is 6.54 Å². The molecule has 1 fully saturated rings. The van der Waals surface area contributed by atoms with Gasteiger partial charge in [-0.2, -0.15) is 13.2 Å². The van der Waals surface area contributed by atoms with Gasteiger partial charge in [-0.05, 0) is 37.9 Å². The maximum absolute atomic E-state index is 12.3. The zero-order chi connectivity index (χ0) is 17.0. The summed E-state index contributed by atoms with van der Waals surface area (Å²) in [7, 11) is 0. The summed E-state index contributed by atoms with van der Waals surface area (Å²) >= 11 is 0. The van der Waals surface area contributed by atoms with Crippen LogP contribution in [0.2, 0.25) is 0 Å². The molecule has 1 aliphatic heterocycles. The normalized spacial score (nSPS) is 19.2. The third-order valence-corrected chi connectivity index (χ3v) is 4.01. The van der Waals surface area contributed by atoms with Crippen molar-refractivity contribution in [2.45, 2.75) is 26.1 Å². The highest BCUT2D eigenvalue weighted by Crippen LogP contribution is 2.23. The fourth-order valence-electron chi connectivity index (χ4n) is 2.86. The zero-order valence-electron chi connectivity index (χ0n) is 12.9. The second-order valence-corrected chi connectivity index (χ2v) is 6.01. The molecule has 1 aliphatic rings. The van der Waals surface area contributed by atoms with Crippen molar-refractivity contribution in [2.75, 3.05) is 26.2 Å². The van der Waals surface area contributed by atoms with Gasteiger partial charge < -0.3 is 5.32 Å². The number of halogens is 3. The van der Waals surface area contributed by atoms with E-state index in [0.29, 0.717) is 31.7 Å². The lowest BCUT2D eigenvalue weighted by atomic mass is 10.1. The molecule has 0 bridgehead atoms. The van der Waals surface area contributed by atoms with Gasteiger partial charge in [0.25, 0.3) is 5.69 Å². The number of hydrogen-bond donors (Lipinski definition) is 1. The van der Waals surface area contributed by atoms with Gasteiger partial charge >= 0.3 is 6.18 Å². The predicted octanol–water partition coefficient (Wildman–Crippen LogP) is 2.88. The van der Waals surface area contributed by atoms with E-state index in [4.69, 9.17) is 0 Å². The molecule has 0 amide bonds. The molecule has 128 valence electrons. The van der Waals surface area contributed by atoms with Crippen LogP contribution in [0.15, 0.2) is 18.2 Å². The Morgan fingerprint density at radius 3 is 2.83 bits per heavy atom. The van der Waals surface area contributed by atoms with Crippen LogP contribution in [0.4, 0.5) is 18.9 Å². The van der Waals surface area contributed by atoms with Crippen LogP contribution < -0.4 is 5.32 Å². The van der Waals surface area contributed by atoms with Crippen LogP contribution in [0.1, 0.15) is 17.5 Å². The summed E-state index contributed by atoms with van der Waals surface area (Å²) in [6, 6.07) is 5.06. The first-order valence-corrected chi connectivity index (χ1v) is 7.48. The van der Waals surface area contributed by atoms with E-state index in [2.05, 4.69) is 5.32 Å². The maximum Gasteiger partial charge on any atom is 0.401 e. The van der Waals surface area contributed by atoms with Crippen molar-refractivity contribution in [3.63, 3.8) is 0 Å². The minimum Gasteiger partial charge on any atom is -0.312 e. The predicted molar refractivity (Wildman–Crippen MR) is 80.1 cm³/mol. The molecule has 2 rings (SSSR count). The number of nitrogens with one attached hydrogen (secondary N) is 1. The number of rotatable bonds is 6. The van der Waals surface area contributed by atoms with Crippen LogP contribution >= 0.6 is 0 Å². The Hall–Kier alpha value is -1.67. The Morgan fingerprint density at radius 1 is 1.43 bits per heavy atom. The number of alkyl halides is 3. The largest absolute Gasteiger partial charge is 0.401 e. The molecule has 1 unspecified atom stereocenters. The highest BCUT2D eigenvalue weighted by atomic mass is 19.4. The van der Waals surface area contributed by atoms with Gasteiger partial charge in [0.1, 0.15) is 0 Å². The summed E-state index contributed by atoms with van der Waals surface area (Å²) in [5.41, 5.74) is 1.49. The first-order valence-electron chi connectivity index (χ1n) is 7.48. The number of likely N-dealkylation sites (tertiary alicyclic amines) is 1. The number of nitrogens with zero attached hydrogens (tertiary/aromatic N) is 2. The molecule has 0 aliphatic carbocycles. The van der Waals surface area contributed by atoms with E-state index in [0.717, 1.165) is 12.0 Å². The van der Waals surface area contributed by atoms with Crippen molar-refractivity contribution in [3.05, 3.63) is 39.4 Å². The molecule has 1 heterocycles. The van der Waals surface area contributed by atoms with E-state index in [1.807, 2.05) is 6.07 Å². The smallest absolute Gasteiger partial charge is 0.312 e. The molecular weight excluding hydrogens is 311 g/mol. The quantitative estimate of drug-likeness (QED) is 0.643. The van der Waals surface area contributed by atoms with E-state index in [-0.39, 0.29) is 11.6 Å². The van der Waals surface area contributed by atoms with Crippen LogP contribution in [0.25, 0.3) is 0 Å². The average molecular weight is 331 g/mol. The summed E-state index contributed by atoms with van der Waals surface area (Å²) in [4.78, 5) is 11.9. The Balaban J connectivity index is 1.78. The molecule has 0 radical (unpaired) electrons. The van der Waals surface area contributed by atoms with Crippen LogP contribution in [0.3, 0.4) is 0 Å². The first-order chi connectivity index (χ1) is 10.7. The van der Waals surface area contributed by atoms with Crippen molar-refractivity contribution >= 4 is 5.69 Å². The van der Waals surface area contributed by atoms with Gasteiger partial charge in [0.05, 0.1) is 11.5 Å². The summed E-state index contributed by atoms with van der Waals surface area (Å²) in [6.45, 7) is 2.80. The fraction of sp³-hybridized carbons (Fsp3) is 0.600. The van der Waals surface area contributed by atoms with Crippen LogP contribution in [0, 0.1) is 23.0 Å². The molecule has 1 aromatic rings. The molecule has 0 aromatic heterocycles. The Bertz CT molecular complexity index is 563. The molecule has 0 saturated carbocycles. The molecule has 1 aromatic carbocycles. The minimum atomic E-state index is -4.15. The van der Waals surface area contributed by atoms with Gasteiger partial charge in [-0.25, -0.2) is 0 Å². The number of benzene rings is 1. The summed E-state index contributed by atoms with van der Waals surface area (Å²) < 4.78 is 37.0. The molecule has 5 nitrogen and oxygen atoms in total. The number of nitro groups is 1. The standard InChI is InChI=1S/C15H20F3N3O2/c1-11-2-3-12(6-14(11)21(22)23)7-19-8-13-4-5-20(9-13)10-15(16,17)18/h2-3,6,13,19H,4-5,7-10H2,1H3. The molecule has 8 heteroatoms. The van der Waals surface area contributed by atoms with Crippen LogP contribution in [-0.4, -0.2) is 42.2 Å². The SMILES string of the molecule is Cc1ccc(CNCC2CCN(CC(F)(F)F)C2)cc1[N+](=O)[O-]. The minimum absolute atomic E-state index is 0.0847. The lowest BCUT2D eigenvalue weighted by Crippen LogP contribution is -2.33. The fourth-order valence-corrected chi connectivity index (χ4v) is 2.86. The Labute approximate surface area is 132 Å².